The summed E-state index contributed by atoms with van der Waals surface area (Å²) in [5.74, 6) is -7.80. The number of phenolic OH excluding ortho intramolecular Hbond substituents is 1. The molecule has 13 atom stereocenters. The van der Waals surface area contributed by atoms with E-state index in [1.165, 1.54) is 50.8 Å². The van der Waals surface area contributed by atoms with E-state index in [1.54, 1.807) is 31.2 Å². The van der Waals surface area contributed by atoms with E-state index < -0.39 is 152 Å². The number of nitrogens with one attached hydrogen (secondary N) is 5. The standard InChI is InChI=1S/C66H95N11O16/c1-37-35-77-57(58(37)84)63(89)69-34-46(79)32-48(70-59(85)42-11-9-40(10-12-42)41-13-15-44(16-14-41)74-25-27-75(28-26-74)45-18-21-66(92-3,22-19-45)43-6-4-5-7-43)60(86)71-54(38(2)78)64(90)76-36-47(80)33-49(76)61(87)72-55(62(88)73-56(65(77)91)51(82)20-23-67)52(83)30-39-8-17-50(81)53(31-39)93-29-24-68/h8-17,31,37-38,43,45-49,51-52,54-58,78-84H,4-7,18-30,32-36,67-68H2,1-3H3,(H,69,89)(H,70,85)(H,71,86)(H,72,87)(H,73,88)/t37-,38+,45?,46+,47+,48?,49-,51+,52+,54-,55-,56-,57-,58-,66?/m0/s1. The number of carbonyl (C=O) groups is 7. The Bertz CT molecular complexity index is 3070. The van der Waals surface area contributed by atoms with Crippen molar-refractivity contribution in [1.29, 1.82) is 0 Å². The fraction of sp³-hybridized carbons (Fsp3) is 0.621. The average Bonchev–Trinajstić information content (AvgIpc) is 1.80. The second kappa shape index (κ2) is 31.5. The van der Waals surface area contributed by atoms with Gasteiger partial charge in [0.15, 0.2) is 11.5 Å². The molecule has 6 aliphatic rings. The Labute approximate surface area is 541 Å². The highest BCUT2D eigenvalue weighted by atomic mass is 16.5. The van der Waals surface area contributed by atoms with Crippen LogP contribution in [0.25, 0.3) is 11.1 Å². The number of methoxy groups -OCH3 is 1. The van der Waals surface area contributed by atoms with Gasteiger partial charge in [-0.25, -0.2) is 0 Å². The van der Waals surface area contributed by atoms with Crippen LogP contribution >= 0.6 is 0 Å². The summed E-state index contributed by atoms with van der Waals surface area (Å²) in [6.07, 6.45) is -1.98. The van der Waals surface area contributed by atoms with E-state index in [1.807, 2.05) is 19.2 Å². The lowest BCUT2D eigenvalue weighted by molar-refractivity contribution is -0.147. The lowest BCUT2D eigenvalue weighted by Gasteiger charge is -2.47. The van der Waals surface area contributed by atoms with Gasteiger partial charge >= 0.3 is 0 Å². The average molecular weight is 1300 g/mol. The quantitative estimate of drug-likeness (QED) is 0.0719. The van der Waals surface area contributed by atoms with Gasteiger partial charge in [-0.05, 0) is 117 Å². The molecule has 27 heteroatoms. The molecule has 27 nitrogen and oxygen atoms in total. The van der Waals surface area contributed by atoms with Crippen molar-refractivity contribution >= 4 is 47.0 Å². The third-order valence-corrected chi connectivity index (χ3v) is 19.9. The minimum atomic E-state index is -2.03. The Balaban J connectivity index is 0.930. The summed E-state index contributed by atoms with van der Waals surface area (Å²) in [6, 6.07) is 8.52. The highest BCUT2D eigenvalue weighted by Gasteiger charge is 2.50. The molecular formula is C66H95N11O16. The fourth-order valence-corrected chi connectivity index (χ4v) is 14.5. The Morgan fingerprint density at radius 2 is 1.35 bits per heavy atom. The van der Waals surface area contributed by atoms with Gasteiger partial charge in [-0.15, -0.1) is 0 Å². The predicted molar refractivity (Wildman–Crippen MR) is 341 cm³/mol. The molecule has 0 bridgehead atoms. The van der Waals surface area contributed by atoms with Crippen LogP contribution in [0.4, 0.5) is 5.69 Å². The Hall–Kier alpha value is -7.05. The summed E-state index contributed by atoms with van der Waals surface area (Å²) in [6.45, 7) is 4.94. The summed E-state index contributed by atoms with van der Waals surface area (Å²) in [5, 5.41) is 91.6. The molecule has 3 aromatic carbocycles. The molecule has 9 rings (SSSR count). The van der Waals surface area contributed by atoms with Gasteiger partial charge in [0, 0.05) is 102 Å². The molecule has 2 aliphatic carbocycles. The highest BCUT2D eigenvalue weighted by Crippen LogP contribution is 2.46. The number of hydrogen-bond donors (Lipinski definition) is 14. The summed E-state index contributed by atoms with van der Waals surface area (Å²) < 4.78 is 11.8. The lowest BCUT2D eigenvalue weighted by atomic mass is 9.73. The van der Waals surface area contributed by atoms with E-state index >= 15 is 0 Å². The van der Waals surface area contributed by atoms with E-state index in [9.17, 15) is 69.3 Å². The SMILES string of the molecule is COC1(C2CCCC2)CCC(N2CCN(c3ccc(-c4ccc(C(=O)NC5C[C@@H](O)CNC(=O)[C@@H]6[C@@H](O)[C@@H](C)CN6C(=O)[C@H]([C@H](O)CCN)NC(=O)[C@H]([C@H](O)Cc6ccc(O)c(OCCN)c6)NC(=O)[C@@H]6C[C@@H](O)CN6C(=O)[C@H]([C@@H](C)O)NC5=O)cc4)cc3)CC2)CC1. The zero-order valence-electron chi connectivity index (χ0n) is 53.3. The minimum absolute atomic E-state index is 0.000367. The molecule has 0 spiro atoms. The number of anilines is 1. The fourth-order valence-electron chi connectivity index (χ4n) is 14.5. The molecule has 7 amide bonds. The maximum atomic E-state index is 14.7. The summed E-state index contributed by atoms with van der Waals surface area (Å²) >= 11 is 0. The summed E-state index contributed by atoms with van der Waals surface area (Å²) in [5.41, 5.74) is 14.6. The first kappa shape index (κ1) is 70.3. The zero-order valence-corrected chi connectivity index (χ0v) is 53.3. The number of fused-ring (bicyclic) bond motifs is 2. The van der Waals surface area contributed by atoms with Crippen LogP contribution in [0.5, 0.6) is 11.5 Å². The second-order valence-corrected chi connectivity index (χ2v) is 26.1. The van der Waals surface area contributed by atoms with E-state index in [4.69, 9.17) is 20.9 Å². The molecule has 6 fully saturated rings. The Morgan fingerprint density at radius 3 is 1.99 bits per heavy atom. The summed E-state index contributed by atoms with van der Waals surface area (Å²) in [4.78, 5) is 109. The molecule has 510 valence electrons. The minimum Gasteiger partial charge on any atom is -0.504 e. The van der Waals surface area contributed by atoms with Crippen LogP contribution in [0.15, 0.2) is 66.7 Å². The third kappa shape index (κ3) is 16.5. The van der Waals surface area contributed by atoms with E-state index in [-0.39, 0.29) is 60.9 Å². The number of carbonyl (C=O) groups excluding carboxylic acids is 7. The normalized spacial score (nSPS) is 30.3. The second-order valence-electron chi connectivity index (χ2n) is 26.1. The number of aromatic hydroxyl groups is 1. The third-order valence-electron chi connectivity index (χ3n) is 19.9. The molecule has 3 aromatic rings. The van der Waals surface area contributed by atoms with Crippen molar-refractivity contribution in [2.45, 2.75) is 175 Å². The molecule has 0 radical (unpaired) electrons. The Kier molecular flexibility index (Phi) is 23.8. The number of aliphatic hydroxyl groups is 6. The van der Waals surface area contributed by atoms with Crippen LogP contribution in [-0.4, -0.2) is 249 Å². The van der Waals surface area contributed by atoms with Crippen LogP contribution < -0.4 is 47.7 Å². The maximum absolute atomic E-state index is 14.7. The van der Waals surface area contributed by atoms with E-state index in [0.717, 1.165) is 78.5 Å². The van der Waals surface area contributed by atoms with Gasteiger partial charge in [0.05, 0.1) is 42.2 Å². The number of benzene rings is 3. The van der Waals surface area contributed by atoms with Crippen molar-refractivity contribution < 1.29 is 78.8 Å². The molecule has 93 heavy (non-hydrogen) atoms. The Morgan fingerprint density at radius 1 is 0.720 bits per heavy atom. The first-order valence-electron chi connectivity index (χ1n) is 32.8. The number of phenols is 1. The van der Waals surface area contributed by atoms with Crippen molar-refractivity contribution in [3.05, 3.63) is 77.9 Å². The number of ether oxygens (including phenoxy) is 2. The molecule has 1 unspecified atom stereocenters. The predicted octanol–water partition coefficient (Wildman–Crippen LogP) is -1.67. The van der Waals surface area contributed by atoms with Crippen LogP contribution in [0, 0.1) is 11.8 Å². The van der Waals surface area contributed by atoms with Crippen LogP contribution in [0.3, 0.4) is 0 Å². The summed E-state index contributed by atoms with van der Waals surface area (Å²) in [7, 11) is 1.90. The highest BCUT2D eigenvalue weighted by molar-refractivity contribution is 6.00. The molecule has 4 saturated heterocycles. The molecule has 2 saturated carbocycles. The van der Waals surface area contributed by atoms with Gasteiger partial charge in [0.1, 0.15) is 42.9 Å². The molecule has 4 heterocycles. The molecular weight excluding hydrogens is 1200 g/mol. The van der Waals surface area contributed by atoms with E-state index in [0.29, 0.717) is 12.0 Å². The number of nitrogens with zero attached hydrogens (tertiary/aromatic N) is 4. The lowest BCUT2D eigenvalue weighted by Crippen LogP contribution is -2.64. The first-order chi connectivity index (χ1) is 44.5. The van der Waals surface area contributed by atoms with E-state index in [2.05, 4.69) is 48.5 Å². The number of hydrogen-bond acceptors (Lipinski definition) is 20. The number of nitrogens with two attached hydrogens (primary N) is 2. The van der Waals surface area contributed by atoms with Gasteiger partial charge < -0.3 is 98.0 Å². The van der Waals surface area contributed by atoms with Crippen LogP contribution in [0.1, 0.15) is 100 Å². The zero-order chi connectivity index (χ0) is 66.8. The topological polar surface area (TPSA) is 405 Å². The van der Waals surface area contributed by atoms with Crippen molar-refractivity contribution in [3.8, 4) is 22.6 Å². The molecule has 0 aromatic heterocycles. The number of β-amino-alcohol motifs (C(OH)–C–C–N with tert-alkyl or cyclic N) is 1. The number of rotatable bonds is 17. The first-order valence-corrected chi connectivity index (χ1v) is 32.8. The molecule has 16 N–H and O–H groups in total. The van der Waals surface area contributed by atoms with Gasteiger partial charge in [-0.3, -0.25) is 38.5 Å². The monoisotopic (exact) mass is 1300 g/mol. The van der Waals surface area contributed by atoms with Gasteiger partial charge in [0.25, 0.3) is 5.91 Å². The van der Waals surface area contributed by atoms with Gasteiger partial charge in [-0.1, -0.05) is 50.1 Å². The van der Waals surface area contributed by atoms with Gasteiger partial charge in [-0.2, -0.15) is 0 Å². The molecule has 4 aliphatic heterocycles. The van der Waals surface area contributed by atoms with Crippen molar-refractivity contribution in [2.75, 3.05) is 77.5 Å². The number of aliphatic hydroxyl groups excluding tert-OH is 6. The largest absolute Gasteiger partial charge is 0.504 e. The van der Waals surface area contributed by atoms with Crippen molar-refractivity contribution in [3.63, 3.8) is 0 Å². The van der Waals surface area contributed by atoms with Crippen molar-refractivity contribution in [2.24, 2.45) is 23.3 Å². The number of piperazine rings is 1. The van der Waals surface area contributed by atoms with Crippen LogP contribution in [-0.2, 0) is 39.9 Å². The van der Waals surface area contributed by atoms with Crippen LogP contribution in [0.2, 0.25) is 0 Å². The van der Waals surface area contributed by atoms with Crippen molar-refractivity contribution in [1.82, 2.24) is 41.3 Å². The maximum Gasteiger partial charge on any atom is 0.251 e. The van der Waals surface area contributed by atoms with Gasteiger partial charge in [0.2, 0.25) is 35.4 Å². The smallest absolute Gasteiger partial charge is 0.251 e. The number of amides is 7.